The first kappa shape index (κ1) is 16.7. The summed E-state index contributed by atoms with van der Waals surface area (Å²) in [5.74, 6) is -1.62. The van der Waals surface area contributed by atoms with Crippen molar-refractivity contribution in [2.45, 2.75) is 13.1 Å². The summed E-state index contributed by atoms with van der Waals surface area (Å²) in [7, 11) is 1.35. The fourth-order valence-corrected chi connectivity index (χ4v) is 1.63. The van der Waals surface area contributed by atoms with Crippen LogP contribution < -0.4 is 16.0 Å². The summed E-state index contributed by atoms with van der Waals surface area (Å²) in [5.41, 5.74) is 3.77. The molecule has 0 spiro atoms. The lowest BCUT2D eigenvalue weighted by atomic mass is 10.2. The van der Waals surface area contributed by atoms with Gasteiger partial charge >= 0.3 is 6.18 Å². The van der Waals surface area contributed by atoms with E-state index in [-0.39, 0.29) is 17.9 Å². The van der Waals surface area contributed by atoms with Crippen LogP contribution in [-0.4, -0.2) is 36.9 Å². The number of nitrogens with one attached hydrogen (secondary N) is 1. The highest BCUT2D eigenvalue weighted by Crippen LogP contribution is 2.30. The molecule has 0 aliphatic rings. The van der Waals surface area contributed by atoms with Crippen LogP contribution >= 0.6 is 0 Å². The van der Waals surface area contributed by atoms with Gasteiger partial charge < -0.3 is 16.0 Å². The first-order chi connectivity index (χ1) is 9.66. The van der Waals surface area contributed by atoms with E-state index in [1.807, 2.05) is 0 Å². The van der Waals surface area contributed by atoms with Gasteiger partial charge in [-0.25, -0.2) is 4.98 Å². The number of aromatic nitrogens is 1. The van der Waals surface area contributed by atoms with Crippen LogP contribution in [0.4, 0.5) is 19.0 Å². The molecular weight excluding hydrogens is 289 g/mol. The number of pyridine rings is 1. The van der Waals surface area contributed by atoms with Gasteiger partial charge in [-0.05, 0) is 19.1 Å². The second-order valence-corrected chi connectivity index (χ2v) is 4.24. The lowest BCUT2D eigenvalue weighted by Crippen LogP contribution is -2.36. The van der Waals surface area contributed by atoms with E-state index in [0.29, 0.717) is 12.6 Å². The van der Waals surface area contributed by atoms with Gasteiger partial charge in [0, 0.05) is 13.6 Å². The van der Waals surface area contributed by atoms with E-state index in [1.165, 1.54) is 7.05 Å². The van der Waals surface area contributed by atoms with E-state index >= 15 is 0 Å². The molecule has 3 N–H and O–H groups in total. The zero-order chi connectivity index (χ0) is 16.2. The molecule has 0 aliphatic carbocycles. The fraction of sp³-hybridized carbons (Fsp3) is 0.417. The Morgan fingerprint density at radius 3 is 2.48 bits per heavy atom. The van der Waals surface area contributed by atoms with Gasteiger partial charge in [-0.1, -0.05) is 0 Å². The quantitative estimate of drug-likeness (QED) is 0.841. The number of carbonyl (C=O) groups excluding carboxylic acids is 2. The van der Waals surface area contributed by atoms with Gasteiger partial charge in [0.2, 0.25) is 5.91 Å². The molecular formula is C12H15F3N4O2. The number of nitrogens with two attached hydrogens (primary N) is 1. The Balaban J connectivity index is 3.17. The number of halogens is 3. The van der Waals surface area contributed by atoms with Crippen molar-refractivity contribution in [3.63, 3.8) is 0 Å². The maximum atomic E-state index is 12.7. The molecule has 0 fully saturated rings. The highest BCUT2D eigenvalue weighted by Gasteiger charge is 2.34. The first-order valence-corrected chi connectivity index (χ1v) is 6.02. The number of anilines is 1. The van der Waals surface area contributed by atoms with Gasteiger partial charge in [0.05, 0.1) is 12.1 Å². The number of likely N-dealkylation sites (N-methyl/N-ethyl adjacent to an activating group) is 2. The van der Waals surface area contributed by atoms with Crippen LogP contribution in [0.3, 0.4) is 0 Å². The van der Waals surface area contributed by atoms with Gasteiger partial charge in [0.15, 0.2) is 0 Å². The van der Waals surface area contributed by atoms with Crippen LogP contribution in [0.1, 0.15) is 23.0 Å². The number of alkyl halides is 3. The fourth-order valence-electron chi connectivity index (χ4n) is 1.63. The summed E-state index contributed by atoms with van der Waals surface area (Å²) in [4.78, 5) is 27.3. The highest BCUT2D eigenvalue weighted by molar-refractivity contribution is 5.98. The molecule has 2 amide bonds. The molecule has 0 aliphatic heterocycles. The number of rotatable bonds is 5. The monoisotopic (exact) mass is 304 g/mol. The predicted octanol–water partition coefficient (Wildman–Crippen LogP) is 0.772. The Morgan fingerprint density at radius 1 is 1.38 bits per heavy atom. The molecule has 6 nitrogen and oxygen atoms in total. The number of amides is 2. The van der Waals surface area contributed by atoms with Crippen molar-refractivity contribution in [2.24, 2.45) is 5.73 Å². The van der Waals surface area contributed by atoms with Crippen molar-refractivity contribution in [2.75, 3.05) is 25.0 Å². The minimum absolute atomic E-state index is 0.185. The molecule has 21 heavy (non-hydrogen) atoms. The number of hydrogen-bond donors (Lipinski definition) is 2. The highest BCUT2D eigenvalue weighted by atomic mass is 19.4. The minimum atomic E-state index is -4.66. The minimum Gasteiger partial charge on any atom is -0.365 e. The smallest absolute Gasteiger partial charge is 0.365 e. The summed E-state index contributed by atoms with van der Waals surface area (Å²) >= 11 is 0. The summed E-state index contributed by atoms with van der Waals surface area (Å²) in [5, 5.41) is 2.49. The Hall–Kier alpha value is -2.32. The topological polar surface area (TPSA) is 88.3 Å². The van der Waals surface area contributed by atoms with Gasteiger partial charge in [0.25, 0.3) is 5.91 Å². The zero-order valence-corrected chi connectivity index (χ0v) is 11.5. The Morgan fingerprint density at radius 2 is 2.00 bits per heavy atom. The summed E-state index contributed by atoms with van der Waals surface area (Å²) in [6, 6.07) is 1.62. The largest absolute Gasteiger partial charge is 0.433 e. The van der Waals surface area contributed by atoms with Gasteiger partial charge in [-0.2, -0.15) is 13.2 Å². The van der Waals surface area contributed by atoms with E-state index in [0.717, 1.165) is 11.0 Å². The molecule has 0 bridgehead atoms. The standard InChI is InChI=1S/C12H15F3N4O2/c1-3-17-9(20)6-19(2)11-7(10(16)21)4-5-8(18-11)12(13,14)15/h4-5H,3,6H2,1-2H3,(H2,16,21)(H,17,20). The third kappa shape index (κ3) is 4.33. The van der Waals surface area contributed by atoms with Crippen LogP contribution in [0.2, 0.25) is 0 Å². The van der Waals surface area contributed by atoms with Crippen LogP contribution in [0, 0.1) is 0 Å². The van der Waals surface area contributed by atoms with Crippen LogP contribution in [-0.2, 0) is 11.0 Å². The SMILES string of the molecule is CCNC(=O)CN(C)c1nc(C(F)(F)F)ccc1C(N)=O. The second-order valence-electron chi connectivity index (χ2n) is 4.24. The van der Waals surface area contributed by atoms with Crippen molar-refractivity contribution in [3.05, 3.63) is 23.4 Å². The zero-order valence-electron chi connectivity index (χ0n) is 11.5. The molecule has 116 valence electrons. The Bertz CT molecular complexity index is 546. The maximum absolute atomic E-state index is 12.7. The summed E-state index contributed by atoms with van der Waals surface area (Å²) in [6.45, 7) is 1.84. The summed E-state index contributed by atoms with van der Waals surface area (Å²) < 4.78 is 38.0. The molecule has 1 aromatic rings. The molecule has 0 aromatic carbocycles. The third-order valence-electron chi connectivity index (χ3n) is 2.55. The summed E-state index contributed by atoms with van der Waals surface area (Å²) in [6.07, 6.45) is -4.66. The number of carbonyl (C=O) groups is 2. The van der Waals surface area contributed by atoms with Crippen molar-refractivity contribution in [1.29, 1.82) is 0 Å². The average molecular weight is 304 g/mol. The van der Waals surface area contributed by atoms with Crippen molar-refractivity contribution in [3.8, 4) is 0 Å². The molecule has 9 heteroatoms. The van der Waals surface area contributed by atoms with Crippen molar-refractivity contribution >= 4 is 17.6 Å². The number of hydrogen-bond acceptors (Lipinski definition) is 4. The third-order valence-corrected chi connectivity index (χ3v) is 2.55. The molecule has 1 rings (SSSR count). The molecule has 1 aromatic heterocycles. The normalized spacial score (nSPS) is 11.1. The lowest BCUT2D eigenvalue weighted by Gasteiger charge is -2.20. The molecule has 0 unspecified atom stereocenters. The van der Waals surface area contributed by atoms with E-state index in [2.05, 4.69) is 10.3 Å². The predicted molar refractivity (Wildman–Crippen MR) is 69.7 cm³/mol. The van der Waals surface area contributed by atoms with Crippen molar-refractivity contribution in [1.82, 2.24) is 10.3 Å². The van der Waals surface area contributed by atoms with Crippen LogP contribution in [0.15, 0.2) is 12.1 Å². The second kappa shape index (κ2) is 6.42. The Labute approximate surface area is 119 Å². The maximum Gasteiger partial charge on any atom is 0.433 e. The van der Waals surface area contributed by atoms with Gasteiger partial charge in [0.1, 0.15) is 11.5 Å². The number of nitrogens with zero attached hydrogens (tertiary/aromatic N) is 2. The van der Waals surface area contributed by atoms with Crippen molar-refractivity contribution < 1.29 is 22.8 Å². The molecule has 0 saturated carbocycles. The molecule has 1 heterocycles. The lowest BCUT2D eigenvalue weighted by molar-refractivity contribution is -0.141. The van der Waals surface area contributed by atoms with Gasteiger partial charge in [-0.3, -0.25) is 9.59 Å². The van der Waals surface area contributed by atoms with E-state index in [4.69, 9.17) is 5.73 Å². The van der Waals surface area contributed by atoms with E-state index < -0.39 is 23.7 Å². The molecule has 0 atom stereocenters. The number of primary amides is 1. The van der Waals surface area contributed by atoms with Gasteiger partial charge in [-0.15, -0.1) is 0 Å². The Kier molecular flexibility index (Phi) is 5.12. The average Bonchev–Trinajstić information content (AvgIpc) is 2.36. The van der Waals surface area contributed by atoms with E-state index in [1.54, 1.807) is 6.92 Å². The first-order valence-electron chi connectivity index (χ1n) is 6.02. The molecule has 0 radical (unpaired) electrons. The molecule has 0 saturated heterocycles. The van der Waals surface area contributed by atoms with Crippen LogP contribution in [0.5, 0.6) is 0 Å². The van der Waals surface area contributed by atoms with Crippen LogP contribution in [0.25, 0.3) is 0 Å². The van der Waals surface area contributed by atoms with E-state index in [9.17, 15) is 22.8 Å².